The van der Waals surface area contributed by atoms with Crippen molar-refractivity contribution in [3.05, 3.63) is 30.3 Å². The highest BCUT2D eigenvalue weighted by atomic mass is 32.2. The van der Waals surface area contributed by atoms with E-state index in [4.69, 9.17) is 9.47 Å². The third kappa shape index (κ3) is 10.7. The van der Waals surface area contributed by atoms with E-state index in [2.05, 4.69) is 0 Å². The molecule has 1 aromatic carbocycles. The van der Waals surface area contributed by atoms with Gasteiger partial charge in [0.2, 0.25) is 5.91 Å². The molecule has 0 bridgehead atoms. The summed E-state index contributed by atoms with van der Waals surface area (Å²) in [5.74, 6) is -1.17. The summed E-state index contributed by atoms with van der Waals surface area (Å²) in [5, 5.41) is -0.0882. The van der Waals surface area contributed by atoms with E-state index in [1.807, 2.05) is 0 Å². The normalized spacial score (nSPS) is 12.0. The third-order valence-corrected chi connectivity index (χ3v) is 4.64. The predicted octanol–water partition coefficient (Wildman–Crippen LogP) is 3.07. The van der Waals surface area contributed by atoms with E-state index in [1.54, 1.807) is 58.0 Å². The van der Waals surface area contributed by atoms with Crippen molar-refractivity contribution in [3.8, 4) is 5.75 Å². The Hall–Kier alpha value is -2.35. The number of rotatable bonds is 9. The Kier molecular flexibility index (Phi) is 9.88. The van der Waals surface area contributed by atoms with Crippen LogP contribution in [0.25, 0.3) is 0 Å². The molecule has 1 aromatic rings. The Morgan fingerprint density at radius 2 is 1.69 bits per heavy atom. The first-order chi connectivity index (χ1) is 13.5. The third-order valence-electron chi connectivity index (χ3n) is 3.57. The van der Waals surface area contributed by atoms with E-state index < -0.39 is 23.5 Å². The Labute approximate surface area is 176 Å². The number of hydrogen-bond donors (Lipinski definition) is 0. The maximum absolute atomic E-state index is 12.8. The van der Waals surface area contributed by atoms with Crippen LogP contribution < -0.4 is 4.74 Å². The second kappa shape index (κ2) is 11.6. The van der Waals surface area contributed by atoms with Crippen LogP contribution in [-0.4, -0.2) is 52.3 Å². The molecule has 0 spiro atoms. The second-order valence-electron chi connectivity index (χ2n) is 7.59. The van der Waals surface area contributed by atoms with Gasteiger partial charge in [-0.15, -0.1) is 0 Å². The van der Waals surface area contributed by atoms with Crippen LogP contribution in [-0.2, 0) is 23.9 Å². The van der Waals surface area contributed by atoms with Crippen molar-refractivity contribution in [2.24, 2.45) is 5.92 Å². The van der Waals surface area contributed by atoms with Gasteiger partial charge in [0.05, 0.1) is 6.42 Å². The standard InChI is InChI=1S/C21H29NO6S/c1-15(14-29-16(2)23)20(26)22(13-19(25)28-21(3,4)5)12-11-18(24)27-17-9-7-6-8-10-17/h6-10,15H,11-14H2,1-5H3/t15-/m1/s1. The van der Waals surface area contributed by atoms with Crippen molar-refractivity contribution < 1.29 is 28.7 Å². The lowest BCUT2D eigenvalue weighted by Crippen LogP contribution is -2.43. The fourth-order valence-electron chi connectivity index (χ4n) is 2.32. The molecule has 0 heterocycles. The Balaban J connectivity index is 2.74. The van der Waals surface area contributed by atoms with Gasteiger partial charge in [-0.05, 0) is 32.9 Å². The molecule has 7 nitrogen and oxygen atoms in total. The smallest absolute Gasteiger partial charge is 0.326 e. The highest BCUT2D eigenvalue weighted by molar-refractivity contribution is 8.13. The van der Waals surface area contributed by atoms with Crippen molar-refractivity contribution in [2.75, 3.05) is 18.8 Å². The quantitative estimate of drug-likeness (QED) is 0.445. The van der Waals surface area contributed by atoms with Crippen LogP contribution in [0.1, 0.15) is 41.0 Å². The summed E-state index contributed by atoms with van der Waals surface area (Å²) in [4.78, 5) is 49.5. The lowest BCUT2D eigenvalue weighted by atomic mass is 10.1. The lowest BCUT2D eigenvalue weighted by molar-refractivity contribution is -0.159. The Morgan fingerprint density at radius 1 is 1.07 bits per heavy atom. The minimum Gasteiger partial charge on any atom is -0.459 e. The van der Waals surface area contributed by atoms with Crippen molar-refractivity contribution in [3.63, 3.8) is 0 Å². The van der Waals surface area contributed by atoms with Gasteiger partial charge < -0.3 is 14.4 Å². The van der Waals surface area contributed by atoms with Crippen LogP contribution >= 0.6 is 11.8 Å². The number of thioether (sulfide) groups is 1. The minimum atomic E-state index is -0.686. The van der Waals surface area contributed by atoms with E-state index in [0.29, 0.717) is 11.5 Å². The zero-order valence-corrected chi connectivity index (χ0v) is 18.4. The largest absolute Gasteiger partial charge is 0.459 e. The number of benzene rings is 1. The molecule has 0 radical (unpaired) electrons. The van der Waals surface area contributed by atoms with Gasteiger partial charge in [0, 0.05) is 25.1 Å². The van der Waals surface area contributed by atoms with Gasteiger partial charge in [0.1, 0.15) is 17.9 Å². The first kappa shape index (κ1) is 24.7. The molecule has 160 valence electrons. The van der Waals surface area contributed by atoms with E-state index >= 15 is 0 Å². The number of amides is 1. The van der Waals surface area contributed by atoms with Gasteiger partial charge in [-0.2, -0.15) is 0 Å². The molecule has 0 saturated carbocycles. The van der Waals surface area contributed by atoms with Gasteiger partial charge in [-0.3, -0.25) is 19.2 Å². The molecule has 0 saturated heterocycles. The molecule has 0 unspecified atom stereocenters. The highest BCUT2D eigenvalue weighted by Crippen LogP contribution is 2.15. The van der Waals surface area contributed by atoms with E-state index in [1.165, 1.54) is 11.8 Å². The molecule has 0 aliphatic carbocycles. The summed E-state index contributed by atoms with van der Waals surface area (Å²) in [6, 6.07) is 8.61. The zero-order chi connectivity index (χ0) is 22.0. The Morgan fingerprint density at radius 3 is 2.24 bits per heavy atom. The average Bonchev–Trinajstić information content (AvgIpc) is 2.61. The van der Waals surface area contributed by atoms with E-state index in [0.717, 1.165) is 11.8 Å². The summed E-state index contributed by atoms with van der Waals surface area (Å²) in [6.45, 7) is 8.06. The maximum atomic E-state index is 12.8. The summed E-state index contributed by atoms with van der Waals surface area (Å²) in [5.41, 5.74) is -0.686. The molecule has 1 atom stereocenters. The fourth-order valence-corrected chi connectivity index (χ4v) is 2.95. The molecule has 0 aliphatic heterocycles. The van der Waals surface area contributed by atoms with Gasteiger partial charge >= 0.3 is 11.9 Å². The molecule has 29 heavy (non-hydrogen) atoms. The molecular weight excluding hydrogens is 394 g/mol. The maximum Gasteiger partial charge on any atom is 0.326 e. The first-order valence-electron chi connectivity index (χ1n) is 9.37. The van der Waals surface area contributed by atoms with Gasteiger partial charge in [-0.25, -0.2) is 0 Å². The fraction of sp³-hybridized carbons (Fsp3) is 0.524. The monoisotopic (exact) mass is 423 g/mol. The molecule has 0 aromatic heterocycles. The lowest BCUT2D eigenvalue weighted by Gasteiger charge is -2.27. The van der Waals surface area contributed by atoms with Crippen LogP contribution in [0.2, 0.25) is 0 Å². The van der Waals surface area contributed by atoms with Crippen molar-refractivity contribution >= 4 is 34.7 Å². The predicted molar refractivity (Wildman–Crippen MR) is 111 cm³/mol. The molecule has 1 rings (SSSR count). The number of carbonyl (C=O) groups is 4. The summed E-state index contributed by atoms with van der Waals surface area (Å²) < 4.78 is 10.5. The van der Waals surface area contributed by atoms with E-state index in [-0.39, 0.29) is 30.5 Å². The number of esters is 2. The van der Waals surface area contributed by atoms with Crippen molar-refractivity contribution in [2.45, 2.75) is 46.6 Å². The van der Waals surface area contributed by atoms with Crippen molar-refractivity contribution in [1.82, 2.24) is 4.90 Å². The van der Waals surface area contributed by atoms with Crippen LogP contribution in [0, 0.1) is 5.92 Å². The molecule has 8 heteroatoms. The number of ether oxygens (including phenoxy) is 2. The molecule has 0 fully saturated rings. The van der Waals surface area contributed by atoms with Gasteiger partial charge in [0.25, 0.3) is 0 Å². The highest BCUT2D eigenvalue weighted by Gasteiger charge is 2.26. The van der Waals surface area contributed by atoms with Crippen molar-refractivity contribution in [1.29, 1.82) is 0 Å². The van der Waals surface area contributed by atoms with Crippen LogP contribution in [0.5, 0.6) is 5.75 Å². The van der Waals surface area contributed by atoms with E-state index in [9.17, 15) is 19.2 Å². The second-order valence-corrected chi connectivity index (χ2v) is 8.78. The van der Waals surface area contributed by atoms with Gasteiger partial charge in [-0.1, -0.05) is 36.9 Å². The SMILES string of the molecule is CC(=O)SC[C@@H](C)C(=O)N(CCC(=O)Oc1ccccc1)CC(=O)OC(C)(C)C. The summed E-state index contributed by atoms with van der Waals surface area (Å²) in [6.07, 6.45) is -0.0734. The Bertz CT molecular complexity index is 714. The van der Waals surface area contributed by atoms with Gasteiger partial charge in [0.15, 0.2) is 5.12 Å². The summed E-state index contributed by atoms with van der Waals surface area (Å²) >= 11 is 1.05. The van der Waals surface area contributed by atoms with Crippen LogP contribution in [0.4, 0.5) is 0 Å². The number of para-hydroxylation sites is 1. The molecule has 1 amide bonds. The first-order valence-corrected chi connectivity index (χ1v) is 10.4. The van der Waals surface area contributed by atoms with Crippen LogP contribution in [0.3, 0.4) is 0 Å². The minimum absolute atomic E-state index is 0.0127. The molecule has 0 N–H and O–H groups in total. The topological polar surface area (TPSA) is 90.0 Å². The number of nitrogens with zero attached hydrogens (tertiary/aromatic N) is 1. The molecule has 0 aliphatic rings. The van der Waals surface area contributed by atoms with Crippen LogP contribution in [0.15, 0.2) is 30.3 Å². The number of hydrogen-bond acceptors (Lipinski definition) is 7. The summed E-state index contributed by atoms with van der Waals surface area (Å²) in [7, 11) is 0. The number of carbonyl (C=O) groups excluding carboxylic acids is 4. The average molecular weight is 424 g/mol. The molecular formula is C21H29NO6S. The zero-order valence-electron chi connectivity index (χ0n) is 17.6.